The predicted octanol–water partition coefficient (Wildman–Crippen LogP) is 5.99. The van der Waals surface area contributed by atoms with Crippen LogP contribution in [0.3, 0.4) is 0 Å². The Labute approximate surface area is 216 Å². The number of halogens is 1. The number of aromatic nitrogens is 1. The van der Waals surface area contributed by atoms with Crippen LogP contribution in [0.15, 0.2) is 41.3 Å². The van der Waals surface area contributed by atoms with Crippen LogP contribution in [-0.4, -0.2) is 39.3 Å². The SMILES string of the molecule is COc1ccc(-c2sc(NC(C)(C)C3CCOCC3)nc2C)cc1S(=O)(=O)Nc1c(C)cccc1F. The van der Waals surface area contributed by atoms with E-state index in [2.05, 4.69) is 23.9 Å². The highest BCUT2D eigenvalue weighted by molar-refractivity contribution is 7.92. The average molecular weight is 534 g/mol. The molecule has 194 valence electrons. The maximum atomic E-state index is 14.4. The van der Waals surface area contributed by atoms with Crippen molar-refractivity contribution in [2.24, 2.45) is 5.92 Å². The van der Waals surface area contributed by atoms with Crippen LogP contribution in [0.1, 0.15) is 37.9 Å². The summed E-state index contributed by atoms with van der Waals surface area (Å²) in [7, 11) is -2.74. The Balaban J connectivity index is 1.66. The van der Waals surface area contributed by atoms with Crippen molar-refractivity contribution in [2.45, 2.75) is 51.0 Å². The molecule has 0 spiro atoms. The van der Waals surface area contributed by atoms with E-state index in [4.69, 9.17) is 14.5 Å². The normalized spacial score (nSPS) is 15.1. The van der Waals surface area contributed by atoms with E-state index in [1.165, 1.54) is 30.6 Å². The number of nitrogens with zero attached hydrogens (tertiary/aromatic N) is 1. The second-order valence-corrected chi connectivity index (χ2v) is 12.2. The standard InChI is InChI=1S/C26H32FN3O4S2/c1-16-7-6-8-20(27)23(16)30-36(31,32)22-15-18(9-10-21(22)33-5)24-17(2)28-25(35-24)29-26(3,4)19-11-13-34-14-12-19/h6-10,15,19,30H,11-14H2,1-5H3,(H,28,29). The molecule has 1 aliphatic rings. The van der Waals surface area contributed by atoms with Crippen LogP contribution in [-0.2, 0) is 14.8 Å². The fourth-order valence-corrected chi connectivity index (χ4v) is 6.96. The summed E-state index contributed by atoms with van der Waals surface area (Å²) in [5, 5.41) is 4.36. The molecule has 36 heavy (non-hydrogen) atoms. The Morgan fingerprint density at radius 1 is 1.17 bits per heavy atom. The zero-order chi connectivity index (χ0) is 26.1. The lowest BCUT2D eigenvalue weighted by Crippen LogP contribution is -2.42. The second kappa shape index (κ2) is 10.4. The van der Waals surface area contributed by atoms with Crippen molar-refractivity contribution in [2.75, 3.05) is 30.4 Å². The van der Waals surface area contributed by atoms with Crippen molar-refractivity contribution in [1.82, 2.24) is 4.98 Å². The number of nitrogens with one attached hydrogen (secondary N) is 2. The van der Waals surface area contributed by atoms with Crippen molar-refractivity contribution in [3.05, 3.63) is 53.5 Å². The maximum Gasteiger partial charge on any atom is 0.265 e. The molecule has 1 saturated heterocycles. The lowest BCUT2D eigenvalue weighted by Gasteiger charge is -2.37. The number of rotatable bonds is 8. The van der Waals surface area contributed by atoms with Crippen LogP contribution in [0.2, 0.25) is 0 Å². The number of hydrogen-bond donors (Lipinski definition) is 2. The molecule has 4 rings (SSSR count). The number of aryl methyl sites for hydroxylation is 2. The average Bonchev–Trinajstić information content (AvgIpc) is 3.20. The van der Waals surface area contributed by atoms with Crippen LogP contribution in [0.5, 0.6) is 5.75 Å². The number of hydrogen-bond acceptors (Lipinski definition) is 7. The Morgan fingerprint density at radius 3 is 2.56 bits per heavy atom. The first-order valence-electron chi connectivity index (χ1n) is 11.8. The molecule has 0 atom stereocenters. The van der Waals surface area contributed by atoms with Crippen LogP contribution < -0.4 is 14.8 Å². The third-order valence-electron chi connectivity index (χ3n) is 6.64. The van der Waals surface area contributed by atoms with E-state index in [-0.39, 0.29) is 21.9 Å². The number of sulfonamides is 1. The summed E-state index contributed by atoms with van der Waals surface area (Å²) in [6.45, 7) is 9.42. The molecule has 0 saturated carbocycles. The molecule has 10 heteroatoms. The molecule has 1 fully saturated rings. The van der Waals surface area contributed by atoms with Crippen LogP contribution in [0.25, 0.3) is 10.4 Å². The topological polar surface area (TPSA) is 89.5 Å². The highest BCUT2D eigenvalue weighted by atomic mass is 32.2. The van der Waals surface area contributed by atoms with Gasteiger partial charge in [-0.05, 0) is 81.8 Å². The molecule has 1 aliphatic heterocycles. The lowest BCUT2D eigenvalue weighted by atomic mass is 9.82. The molecule has 2 aromatic carbocycles. The molecule has 0 amide bonds. The summed E-state index contributed by atoms with van der Waals surface area (Å²) in [5.41, 5.74) is 1.71. The first-order valence-corrected chi connectivity index (χ1v) is 14.1. The minimum Gasteiger partial charge on any atom is -0.495 e. The predicted molar refractivity (Wildman–Crippen MR) is 142 cm³/mol. The van der Waals surface area contributed by atoms with Gasteiger partial charge in [0.25, 0.3) is 10.0 Å². The first kappa shape index (κ1) is 26.4. The molecule has 0 bridgehead atoms. The fourth-order valence-electron chi connectivity index (χ4n) is 4.49. The molecule has 0 aliphatic carbocycles. The van der Waals surface area contributed by atoms with E-state index < -0.39 is 15.8 Å². The van der Waals surface area contributed by atoms with E-state index in [1.54, 1.807) is 31.2 Å². The van der Waals surface area contributed by atoms with E-state index in [0.29, 0.717) is 17.0 Å². The van der Waals surface area contributed by atoms with Gasteiger partial charge >= 0.3 is 0 Å². The Hall–Kier alpha value is -2.69. The summed E-state index contributed by atoms with van der Waals surface area (Å²) < 4.78 is 54.3. The molecule has 0 radical (unpaired) electrons. The zero-order valence-electron chi connectivity index (χ0n) is 21.1. The summed E-state index contributed by atoms with van der Waals surface area (Å²) in [6, 6.07) is 9.36. The van der Waals surface area contributed by atoms with Crippen molar-refractivity contribution in [1.29, 1.82) is 0 Å². The molecule has 1 aromatic heterocycles. The van der Waals surface area contributed by atoms with E-state index in [0.717, 1.165) is 41.8 Å². The van der Waals surface area contributed by atoms with Gasteiger partial charge in [-0.3, -0.25) is 4.72 Å². The lowest BCUT2D eigenvalue weighted by molar-refractivity contribution is 0.0491. The quantitative estimate of drug-likeness (QED) is 0.370. The van der Waals surface area contributed by atoms with Gasteiger partial charge < -0.3 is 14.8 Å². The summed E-state index contributed by atoms with van der Waals surface area (Å²) in [4.78, 5) is 5.50. The van der Waals surface area contributed by atoms with Gasteiger partial charge in [-0.15, -0.1) is 0 Å². The van der Waals surface area contributed by atoms with E-state index in [9.17, 15) is 12.8 Å². The Bertz CT molecular complexity index is 1330. The number of benzene rings is 2. The molecule has 0 unspecified atom stereocenters. The molecular weight excluding hydrogens is 501 g/mol. The maximum absolute atomic E-state index is 14.4. The fraction of sp³-hybridized carbons (Fsp3) is 0.423. The summed E-state index contributed by atoms with van der Waals surface area (Å²) >= 11 is 1.48. The highest BCUT2D eigenvalue weighted by Crippen LogP contribution is 2.39. The third kappa shape index (κ3) is 5.50. The minimum atomic E-state index is -4.14. The summed E-state index contributed by atoms with van der Waals surface area (Å²) in [5.74, 6) is -0.0131. The van der Waals surface area contributed by atoms with Crippen molar-refractivity contribution < 1.29 is 22.3 Å². The van der Waals surface area contributed by atoms with Gasteiger partial charge in [0.05, 0.1) is 23.4 Å². The van der Waals surface area contributed by atoms with Crippen LogP contribution in [0.4, 0.5) is 15.2 Å². The first-order chi connectivity index (χ1) is 17.0. The molecular formula is C26H32FN3O4S2. The van der Waals surface area contributed by atoms with Crippen molar-refractivity contribution in [3.63, 3.8) is 0 Å². The van der Waals surface area contributed by atoms with Crippen molar-refractivity contribution in [3.8, 4) is 16.2 Å². The monoisotopic (exact) mass is 533 g/mol. The molecule has 2 N–H and O–H groups in total. The van der Waals surface area contributed by atoms with Gasteiger partial charge in [0.2, 0.25) is 0 Å². The zero-order valence-corrected chi connectivity index (χ0v) is 22.8. The minimum absolute atomic E-state index is 0.0741. The third-order valence-corrected chi connectivity index (χ3v) is 9.13. The number of anilines is 2. The molecule has 2 heterocycles. The molecule has 7 nitrogen and oxygen atoms in total. The van der Waals surface area contributed by atoms with Gasteiger partial charge in [0.15, 0.2) is 5.13 Å². The smallest absolute Gasteiger partial charge is 0.265 e. The van der Waals surface area contributed by atoms with Crippen LogP contribution >= 0.6 is 11.3 Å². The van der Waals surface area contributed by atoms with Gasteiger partial charge in [-0.2, -0.15) is 0 Å². The largest absolute Gasteiger partial charge is 0.495 e. The number of para-hydroxylation sites is 1. The van der Waals surface area contributed by atoms with Gasteiger partial charge in [-0.25, -0.2) is 17.8 Å². The van der Waals surface area contributed by atoms with Crippen molar-refractivity contribution >= 4 is 32.2 Å². The number of methoxy groups -OCH3 is 1. The Kier molecular flexibility index (Phi) is 7.59. The van der Waals surface area contributed by atoms with Gasteiger partial charge in [-0.1, -0.05) is 23.5 Å². The van der Waals surface area contributed by atoms with Gasteiger partial charge in [0, 0.05) is 18.8 Å². The van der Waals surface area contributed by atoms with Crippen LogP contribution in [0, 0.1) is 25.6 Å². The van der Waals surface area contributed by atoms with E-state index in [1.807, 2.05) is 6.92 Å². The Morgan fingerprint density at radius 2 is 1.89 bits per heavy atom. The molecule has 3 aromatic rings. The summed E-state index contributed by atoms with van der Waals surface area (Å²) in [6.07, 6.45) is 1.98. The second-order valence-electron chi connectivity index (χ2n) is 9.57. The highest BCUT2D eigenvalue weighted by Gasteiger charge is 2.32. The number of thiazole rings is 1. The van der Waals surface area contributed by atoms with Gasteiger partial charge in [0.1, 0.15) is 16.5 Å². The number of ether oxygens (including phenoxy) is 2. The van der Waals surface area contributed by atoms with E-state index >= 15 is 0 Å².